The Morgan fingerprint density at radius 3 is 2.73 bits per heavy atom. The molecule has 0 heterocycles. The van der Waals surface area contributed by atoms with Crippen molar-refractivity contribution < 1.29 is 9.53 Å². The van der Waals surface area contributed by atoms with Gasteiger partial charge in [0.05, 0.1) is 12.6 Å². The molecule has 1 aliphatic rings. The predicted octanol–water partition coefficient (Wildman–Crippen LogP) is 1.95. The van der Waals surface area contributed by atoms with Gasteiger partial charge in [-0.3, -0.25) is 4.79 Å². The zero-order valence-electron chi connectivity index (χ0n) is 9.46. The SMILES string of the molecule is COCC(CCBr)NC(=O)C(C)C1CC1. The average Bonchev–Trinajstić information content (AvgIpc) is 3.00. The molecule has 0 aromatic carbocycles. The van der Waals surface area contributed by atoms with E-state index in [1.54, 1.807) is 7.11 Å². The maximum absolute atomic E-state index is 11.8. The lowest BCUT2D eigenvalue weighted by Gasteiger charge is -2.19. The fourth-order valence-electron chi connectivity index (χ4n) is 1.67. The number of rotatable bonds is 7. The summed E-state index contributed by atoms with van der Waals surface area (Å²) in [5.41, 5.74) is 0. The van der Waals surface area contributed by atoms with Crippen LogP contribution in [0, 0.1) is 11.8 Å². The Kier molecular flexibility index (Phi) is 5.61. The summed E-state index contributed by atoms with van der Waals surface area (Å²) in [4.78, 5) is 11.8. The smallest absolute Gasteiger partial charge is 0.223 e. The van der Waals surface area contributed by atoms with Crippen LogP contribution in [0.3, 0.4) is 0 Å². The molecule has 2 unspecified atom stereocenters. The second-order valence-corrected chi connectivity index (χ2v) is 5.06. The highest BCUT2D eigenvalue weighted by atomic mass is 79.9. The highest BCUT2D eigenvalue weighted by Gasteiger charge is 2.33. The Morgan fingerprint density at radius 1 is 1.60 bits per heavy atom. The molecule has 1 fully saturated rings. The summed E-state index contributed by atoms with van der Waals surface area (Å²) in [6.45, 7) is 2.61. The van der Waals surface area contributed by atoms with Gasteiger partial charge in [-0.05, 0) is 25.2 Å². The molecule has 0 aromatic rings. The number of nitrogens with one attached hydrogen (secondary N) is 1. The summed E-state index contributed by atoms with van der Waals surface area (Å²) in [7, 11) is 1.66. The van der Waals surface area contributed by atoms with Crippen LogP contribution >= 0.6 is 15.9 Å². The summed E-state index contributed by atoms with van der Waals surface area (Å²) in [6, 6.07) is 0.142. The first kappa shape index (κ1) is 13.0. The number of methoxy groups -OCH3 is 1. The lowest BCUT2D eigenvalue weighted by Crippen LogP contribution is -2.41. The minimum atomic E-state index is 0.142. The van der Waals surface area contributed by atoms with Crippen LogP contribution in [0.2, 0.25) is 0 Å². The van der Waals surface area contributed by atoms with Crippen molar-refractivity contribution in [3.63, 3.8) is 0 Å². The first-order valence-electron chi connectivity index (χ1n) is 5.54. The second-order valence-electron chi connectivity index (χ2n) is 4.26. The van der Waals surface area contributed by atoms with Gasteiger partial charge in [0.25, 0.3) is 0 Å². The third-order valence-corrected chi connectivity index (χ3v) is 3.37. The van der Waals surface area contributed by atoms with Gasteiger partial charge in [0.15, 0.2) is 0 Å². The van der Waals surface area contributed by atoms with Crippen molar-refractivity contribution >= 4 is 21.8 Å². The van der Waals surface area contributed by atoms with Crippen LogP contribution in [0.1, 0.15) is 26.2 Å². The van der Waals surface area contributed by atoms with E-state index < -0.39 is 0 Å². The highest BCUT2D eigenvalue weighted by Crippen LogP contribution is 2.36. The molecule has 1 rings (SSSR count). The molecule has 0 aromatic heterocycles. The van der Waals surface area contributed by atoms with Crippen LogP contribution < -0.4 is 5.32 Å². The number of carbonyl (C=O) groups is 1. The van der Waals surface area contributed by atoms with E-state index in [1.807, 2.05) is 6.92 Å². The zero-order chi connectivity index (χ0) is 11.3. The molecule has 88 valence electrons. The standard InChI is InChI=1S/C11H20BrNO2/c1-8(9-3-4-9)11(14)13-10(5-6-12)7-15-2/h8-10H,3-7H2,1-2H3,(H,13,14). The molecule has 1 amide bonds. The number of hydrogen-bond donors (Lipinski definition) is 1. The normalized spacial score (nSPS) is 19.7. The molecular weight excluding hydrogens is 258 g/mol. The molecule has 0 spiro atoms. The van der Waals surface area contributed by atoms with Crippen LogP contribution in [-0.4, -0.2) is 31.0 Å². The van der Waals surface area contributed by atoms with Crippen molar-refractivity contribution in [1.29, 1.82) is 0 Å². The van der Waals surface area contributed by atoms with Gasteiger partial charge in [0.2, 0.25) is 5.91 Å². The molecule has 1 aliphatic carbocycles. The van der Waals surface area contributed by atoms with Crippen molar-refractivity contribution in [2.75, 3.05) is 19.0 Å². The van der Waals surface area contributed by atoms with Gasteiger partial charge >= 0.3 is 0 Å². The Morgan fingerprint density at radius 2 is 2.27 bits per heavy atom. The Hall–Kier alpha value is -0.0900. The van der Waals surface area contributed by atoms with Crippen molar-refractivity contribution in [1.82, 2.24) is 5.32 Å². The fraction of sp³-hybridized carbons (Fsp3) is 0.909. The summed E-state index contributed by atoms with van der Waals surface area (Å²) >= 11 is 3.38. The van der Waals surface area contributed by atoms with Gasteiger partial charge in [0, 0.05) is 18.4 Å². The Labute approximate surface area is 100 Å². The van der Waals surface area contributed by atoms with Crippen LogP contribution in [0.15, 0.2) is 0 Å². The maximum atomic E-state index is 11.8. The molecule has 3 nitrogen and oxygen atoms in total. The summed E-state index contributed by atoms with van der Waals surface area (Å²) in [5.74, 6) is 0.970. The number of hydrogen-bond acceptors (Lipinski definition) is 2. The van der Waals surface area contributed by atoms with Gasteiger partial charge in [-0.25, -0.2) is 0 Å². The monoisotopic (exact) mass is 277 g/mol. The molecule has 2 atom stereocenters. The molecule has 4 heteroatoms. The third kappa shape index (κ3) is 4.51. The van der Waals surface area contributed by atoms with E-state index >= 15 is 0 Å². The molecule has 1 N–H and O–H groups in total. The fourth-order valence-corrected chi connectivity index (χ4v) is 2.23. The summed E-state index contributed by atoms with van der Waals surface area (Å²) < 4.78 is 5.08. The van der Waals surface area contributed by atoms with E-state index in [0.717, 1.165) is 11.8 Å². The lowest BCUT2D eigenvalue weighted by atomic mass is 10.1. The van der Waals surface area contributed by atoms with E-state index in [-0.39, 0.29) is 17.9 Å². The molecule has 0 bridgehead atoms. The van der Waals surface area contributed by atoms with Crippen molar-refractivity contribution in [2.24, 2.45) is 11.8 Å². The largest absolute Gasteiger partial charge is 0.383 e. The van der Waals surface area contributed by atoms with Gasteiger partial charge in [-0.15, -0.1) is 0 Å². The average molecular weight is 278 g/mol. The highest BCUT2D eigenvalue weighted by molar-refractivity contribution is 9.09. The van der Waals surface area contributed by atoms with Crippen molar-refractivity contribution in [3.05, 3.63) is 0 Å². The van der Waals surface area contributed by atoms with Crippen molar-refractivity contribution in [2.45, 2.75) is 32.2 Å². The molecular formula is C11H20BrNO2. The van der Waals surface area contributed by atoms with Gasteiger partial charge in [0.1, 0.15) is 0 Å². The number of halogens is 1. The lowest BCUT2D eigenvalue weighted by molar-refractivity contribution is -0.126. The minimum Gasteiger partial charge on any atom is -0.383 e. The van der Waals surface area contributed by atoms with E-state index in [1.165, 1.54) is 12.8 Å². The quantitative estimate of drug-likeness (QED) is 0.723. The number of amides is 1. The van der Waals surface area contributed by atoms with E-state index in [0.29, 0.717) is 12.5 Å². The number of ether oxygens (including phenoxy) is 1. The second kappa shape index (κ2) is 6.48. The number of carbonyl (C=O) groups excluding carboxylic acids is 1. The molecule has 1 saturated carbocycles. The molecule has 15 heavy (non-hydrogen) atoms. The maximum Gasteiger partial charge on any atom is 0.223 e. The zero-order valence-corrected chi connectivity index (χ0v) is 11.0. The molecule has 0 aliphatic heterocycles. The van der Waals surface area contributed by atoms with Crippen LogP contribution in [0.4, 0.5) is 0 Å². The first-order valence-corrected chi connectivity index (χ1v) is 6.66. The van der Waals surface area contributed by atoms with Gasteiger partial charge in [-0.1, -0.05) is 22.9 Å². The number of alkyl halides is 1. The van der Waals surface area contributed by atoms with E-state index in [4.69, 9.17) is 4.74 Å². The summed E-state index contributed by atoms with van der Waals surface area (Å²) in [6.07, 6.45) is 3.33. The van der Waals surface area contributed by atoms with Gasteiger partial charge in [-0.2, -0.15) is 0 Å². The van der Waals surface area contributed by atoms with E-state index in [9.17, 15) is 4.79 Å². The summed E-state index contributed by atoms with van der Waals surface area (Å²) in [5, 5.41) is 3.93. The molecule has 0 radical (unpaired) electrons. The van der Waals surface area contributed by atoms with Crippen LogP contribution in [0.5, 0.6) is 0 Å². The van der Waals surface area contributed by atoms with Crippen molar-refractivity contribution in [3.8, 4) is 0 Å². The van der Waals surface area contributed by atoms with E-state index in [2.05, 4.69) is 21.2 Å². The Bertz CT molecular complexity index is 201. The van der Waals surface area contributed by atoms with Crippen LogP contribution in [-0.2, 0) is 9.53 Å². The molecule has 0 saturated heterocycles. The Balaban J connectivity index is 2.31. The topological polar surface area (TPSA) is 38.3 Å². The third-order valence-electron chi connectivity index (χ3n) is 2.91. The van der Waals surface area contributed by atoms with Gasteiger partial charge < -0.3 is 10.1 Å². The van der Waals surface area contributed by atoms with Crippen LogP contribution in [0.25, 0.3) is 0 Å². The minimum absolute atomic E-state index is 0.142. The predicted molar refractivity (Wildman–Crippen MR) is 64.1 cm³/mol. The first-order chi connectivity index (χ1) is 7.19.